The van der Waals surface area contributed by atoms with E-state index in [1.54, 1.807) is 20.4 Å². The first-order chi connectivity index (χ1) is 12.7. The molecule has 2 aromatic rings. The van der Waals surface area contributed by atoms with E-state index < -0.39 is 0 Å². The Bertz CT molecular complexity index is 812. The van der Waals surface area contributed by atoms with Crippen LogP contribution >= 0.6 is 24.0 Å². The van der Waals surface area contributed by atoms with Gasteiger partial charge in [-0.15, -0.1) is 24.0 Å². The third-order valence-corrected chi connectivity index (χ3v) is 4.31. The molecule has 8 heteroatoms. The molecule has 27 heavy (non-hydrogen) atoms. The van der Waals surface area contributed by atoms with Crippen molar-refractivity contribution in [3.63, 3.8) is 0 Å². The van der Waals surface area contributed by atoms with E-state index in [4.69, 9.17) is 4.74 Å². The summed E-state index contributed by atoms with van der Waals surface area (Å²) in [5.41, 5.74) is 3.08. The monoisotopic (exact) mass is 481 g/mol. The molecular weight excluding hydrogens is 457 g/mol. The molecule has 1 aliphatic heterocycles. The molecule has 144 valence electrons. The smallest absolute Gasteiger partial charge is 0.225 e. The number of guanidine groups is 1. The number of methoxy groups -OCH3 is 1. The first kappa shape index (κ1) is 20.9. The number of hydrogen-bond acceptors (Lipinski definition) is 4. The number of anilines is 1. The second-order valence-corrected chi connectivity index (χ2v) is 6.05. The number of ether oxygens (including phenoxy) is 1. The lowest BCUT2D eigenvalue weighted by atomic mass is 9.90. The van der Waals surface area contributed by atoms with Crippen molar-refractivity contribution in [1.82, 2.24) is 15.6 Å². The lowest BCUT2D eigenvalue weighted by Crippen LogP contribution is -2.40. The van der Waals surface area contributed by atoms with Gasteiger partial charge in [0, 0.05) is 50.4 Å². The Kier molecular flexibility index (Phi) is 7.83. The van der Waals surface area contributed by atoms with Gasteiger partial charge in [0.15, 0.2) is 5.96 Å². The summed E-state index contributed by atoms with van der Waals surface area (Å²) in [4.78, 5) is 20.3. The van der Waals surface area contributed by atoms with Crippen LogP contribution in [0.15, 0.2) is 47.6 Å². The van der Waals surface area contributed by atoms with E-state index >= 15 is 0 Å². The number of amides is 1. The lowest BCUT2D eigenvalue weighted by Gasteiger charge is -2.26. The maximum Gasteiger partial charge on any atom is 0.225 e. The van der Waals surface area contributed by atoms with Crippen molar-refractivity contribution in [3.05, 3.63) is 53.7 Å². The fourth-order valence-corrected chi connectivity index (χ4v) is 2.98. The van der Waals surface area contributed by atoms with Gasteiger partial charge in [-0.05, 0) is 23.3 Å². The van der Waals surface area contributed by atoms with E-state index in [1.807, 2.05) is 30.3 Å². The van der Waals surface area contributed by atoms with Crippen LogP contribution in [0.2, 0.25) is 0 Å². The number of pyridine rings is 1. The predicted octanol–water partition coefficient (Wildman–Crippen LogP) is 2.50. The van der Waals surface area contributed by atoms with E-state index in [2.05, 4.69) is 32.0 Å². The van der Waals surface area contributed by atoms with Gasteiger partial charge in [0.25, 0.3) is 0 Å². The summed E-state index contributed by atoms with van der Waals surface area (Å²) in [7, 11) is 3.32. The largest absolute Gasteiger partial charge is 0.481 e. The van der Waals surface area contributed by atoms with Gasteiger partial charge in [-0.2, -0.15) is 0 Å². The lowest BCUT2D eigenvalue weighted by molar-refractivity contribution is -0.116. The van der Waals surface area contributed by atoms with E-state index in [0.29, 0.717) is 31.3 Å². The van der Waals surface area contributed by atoms with Gasteiger partial charge >= 0.3 is 0 Å². The average Bonchev–Trinajstić information content (AvgIpc) is 2.68. The summed E-state index contributed by atoms with van der Waals surface area (Å²) in [6, 6.07) is 11.7. The van der Waals surface area contributed by atoms with Crippen molar-refractivity contribution in [2.45, 2.75) is 18.9 Å². The van der Waals surface area contributed by atoms with Crippen molar-refractivity contribution in [2.75, 3.05) is 26.0 Å². The highest BCUT2D eigenvalue weighted by Gasteiger charge is 2.24. The van der Waals surface area contributed by atoms with Crippen molar-refractivity contribution >= 4 is 41.5 Å². The van der Waals surface area contributed by atoms with Crippen LogP contribution in [0.1, 0.15) is 23.5 Å². The number of nitrogens with one attached hydrogen (secondary N) is 3. The highest BCUT2D eigenvalue weighted by Crippen LogP contribution is 2.31. The summed E-state index contributed by atoms with van der Waals surface area (Å²) >= 11 is 0. The molecule has 0 bridgehead atoms. The molecule has 1 amide bonds. The Morgan fingerprint density at radius 3 is 2.93 bits per heavy atom. The Morgan fingerprint density at radius 2 is 2.15 bits per heavy atom. The van der Waals surface area contributed by atoms with Crippen LogP contribution in [-0.4, -0.2) is 37.6 Å². The zero-order valence-corrected chi connectivity index (χ0v) is 17.7. The van der Waals surface area contributed by atoms with Crippen LogP contribution in [-0.2, 0) is 11.3 Å². The zero-order valence-electron chi connectivity index (χ0n) is 15.4. The van der Waals surface area contributed by atoms with Crippen molar-refractivity contribution in [3.8, 4) is 5.88 Å². The third-order valence-electron chi connectivity index (χ3n) is 4.31. The fraction of sp³-hybridized carbons (Fsp3) is 0.316. The average molecular weight is 481 g/mol. The Balaban J connectivity index is 0.00000261. The summed E-state index contributed by atoms with van der Waals surface area (Å²) in [5, 5.41) is 9.50. The van der Waals surface area contributed by atoms with Gasteiger partial charge in [-0.3, -0.25) is 9.79 Å². The van der Waals surface area contributed by atoms with Crippen molar-refractivity contribution in [2.24, 2.45) is 4.99 Å². The number of fused-ring (bicyclic) bond motifs is 1. The first-order valence-corrected chi connectivity index (χ1v) is 8.52. The van der Waals surface area contributed by atoms with Crippen LogP contribution < -0.4 is 20.7 Å². The molecule has 1 aromatic heterocycles. The summed E-state index contributed by atoms with van der Waals surface area (Å²) in [6.07, 6.45) is 2.17. The zero-order chi connectivity index (χ0) is 18.4. The van der Waals surface area contributed by atoms with E-state index in [9.17, 15) is 4.79 Å². The second-order valence-electron chi connectivity index (χ2n) is 6.05. The molecule has 3 N–H and O–H groups in total. The molecule has 0 aliphatic carbocycles. The molecule has 0 saturated carbocycles. The minimum Gasteiger partial charge on any atom is -0.481 e. The van der Waals surface area contributed by atoms with E-state index in [0.717, 1.165) is 16.8 Å². The van der Waals surface area contributed by atoms with Crippen molar-refractivity contribution < 1.29 is 9.53 Å². The molecule has 1 aliphatic rings. The predicted molar refractivity (Wildman–Crippen MR) is 117 cm³/mol. The number of aliphatic imine (C=N–C) groups is 1. The second kappa shape index (κ2) is 10.1. The molecular formula is C19H24IN5O2. The van der Waals surface area contributed by atoms with Crippen LogP contribution in [0.5, 0.6) is 5.88 Å². The molecule has 0 fully saturated rings. The van der Waals surface area contributed by atoms with Crippen LogP contribution in [0.3, 0.4) is 0 Å². The summed E-state index contributed by atoms with van der Waals surface area (Å²) in [6.45, 7) is 1.23. The minimum absolute atomic E-state index is 0. The topological polar surface area (TPSA) is 87.6 Å². The minimum atomic E-state index is 0. The highest BCUT2D eigenvalue weighted by atomic mass is 127. The number of aromatic nitrogens is 1. The quantitative estimate of drug-likeness (QED) is 0.347. The SMILES string of the molecule is CN=C(NCc1ccnc(OC)c1)NCC1CC(=O)Nc2ccccc21.I. The molecule has 0 radical (unpaired) electrons. The molecule has 1 aromatic carbocycles. The molecule has 0 saturated heterocycles. The number of benzene rings is 1. The normalized spacial score (nSPS) is 15.9. The number of hydrogen-bond donors (Lipinski definition) is 3. The third kappa shape index (κ3) is 5.56. The van der Waals surface area contributed by atoms with Gasteiger partial charge in [-0.1, -0.05) is 18.2 Å². The van der Waals surface area contributed by atoms with E-state index in [1.165, 1.54) is 0 Å². The van der Waals surface area contributed by atoms with Gasteiger partial charge in [0.2, 0.25) is 11.8 Å². The standard InChI is InChI=1S/C19H23N5O2.HI/c1-20-19(22-11-13-7-8-21-18(9-13)26-2)23-12-14-10-17(25)24-16-6-4-3-5-15(14)16;/h3-9,14H,10-12H2,1-2H3,(H,24,25)(H2,20,22,23);1H. The Morgan fingerprint density at radius 1 is 1.33 bits per heavy atom. The number of nitrogens with zero attached hydrogens (tertiary/aromatic N) is 2. The van der Waals surface area contributed by atoms with Crippen LogP contribution in [0, 0.1) is 0 Å². The van der Waals surface area contributed by atoms with Gasteiger partial charge in [0.05, 0.1) is 7.11 Å². The number of para-hydroxylation sites is 1. The highest BCUT2D eigenvalue weighted by molar-refractivity contribution is 14.0. The molecule has 2 heterocycles. The molecule has 1 unspecified atom stereocenters. The number of rotatable bonds is 5. The summed E-state index contributed by atoms with van der Waals surface area (Å²) < 4.78 is 5.14. The van der Waals surface area contributed by atoms with E-state index in [-0.39, 0.29) is 35.8 Å². The Hall–Kier alpha value is -2.36. The molecule has 7 nitrogen and oxygen atoms in total. The van der Waals surface area contributed by atoms with Crippen LogP contribution in [0.25, 0.3) is 0 Å². The first-order valence-electron chi connectivity index (χ1n) is 8.52. The number of carbonyl (C=O) groups is 1. The molecule has 3 rings (SSSR count). The molecule has 0 spiro atoms. The van der Waals surface area contributed by atoms with Crippen molar-refractivity contribution in [1.29, 1.82) is 0 Å². The van der Waals surface area contributed by atoms with Crippen LogP contribution in [0.4, 0.5) is 5.69 Å². The summed E-state index contributed by atoms with van der Waals surface area (Å²) in [5.74, 6) is 1.42. The maximum atomic E-state index is 11.9. The van der Waals surface area contributed by atoms with Gasteiger partial charge in [0.1, 0.15) is 0 Å². The number of carbonyl (C=O) groups excluding carboxylic acids is 1. The fourth-order valence-electron chi connectivity index (χ4n) is 2.98. The maximum absolute atomic E-state index is 11.9. The molecule has 1 atom stereocenters. The van der Waals surface area contributed by atoms with Gasteiger partial charge in [-0.25, -0.2) is 4.98 Å². The Labute approximate surface area is 176 Å². The number of halogens is 1. The van der Waals surface area contributed by atoms with Gasteiger partial charge < -0.3 is 20.7 Å².